The Morgan fingerprint density at radius 3 is 1.50 bits per heavy atom. The molecule has 0 aliphatic carbocycles. The molecular formula is C67H107N19O26S. The van der Waals surface area contributed by atoms with Gasteiger partial charge in [-0.05, 0) is 97.1 Å². The van der Waals surface area contributed by atoms with Crippen molar-refractivity contribution in [2.45, 2.75) is 221 Å². The molecule has 1 aliphatic rings. The number of benzene rings is 1. The van der Waals surface area contributed by atoms with Crippen LogP contribution in [0.1, 0.15) is 118 Å². The summed E-state index contributed by atoms with van der Waals surface area (Å²) in [6.07, 6.45) is -8.86. The number of aliphatic carboxylic acids is 4. The van der Waals surface area contributed by atoms with E-state index >= 15 is 0 Å². The number of hydrogen-bond donors (Lipinski definition) is 27. The van der Waals surface area contributed by atoms with Gasteiger partial charge in [-0.15, -0.1) is 0 Å². The zero-order valence-electron chi connectivity index (χ0n) is 63.1. The maximum Gasteiger partial charge on any atom is 0.326 e. The second-order valence-electron chi connectivity index (χ2n) is 26.9. The maximum atomic E-state index is 14.3. The molecule has 46 heteroatoms. The Morgan fingerprint density at radius 2 is 0.982 bits per heavy atom. The van der Waals surface area contributed by atoms with Crippen LogP contribution >= 0.6 is 12.6 Å². The second kappa shape index (κ2) is 49.4. The van der Waals surface area contributed by atoms with Gasteiger partial charge in [-0.3, -0.25) is 86.9 Å². The molecule has 0 spiro atoms. The van der Waals surface area contributed by atoms with Crippen molar-refractivity contribution in [2.75, 3.05) is 38.5 Å². The highest BCUT2D eigenvalue weighted by Gasteiger charge is 2.43. The van der Waals surface area contributed by atoms with Crippen LogP contribution in [0.15, 0.2) is 30.3 Å². The van der Waals surface area contributed by atoms with Crippen LogP contribution < -0.4 is 91.6 Å². The SMILES string of the molecule is CC(C)[C@H](NC(=O)[C@H](CC(=O)O)NC(=O)[C@H](CCC(=O)O)NC(=O)CNC(=O)[C@H](CO)NC(=O)[C@@H](NC(=O)[C@@H](NC(=O)[C@@H]1CCCN1C(=O)[C@@H](NC(=O)[C@@H](N)CS)[C@@H](C)O)[C@@H](C)O)[C@@H](C)O)C(=O)N[C@@H](CCCNC(=N)N)C(=O)N[C@@H](CC(=O)O)C(=O)N[C@@H](Cc1ccccc1)C(=O)N[C@@H](C)C(=O)N[C@@H](CCCCN)C(=O)O. The molecule has 1 saturated heterocycles. The predicted molar refractivity (Wildman–Crippen MR) is 397 cm³/mol. The number of amides is 14. The highest BCUT2D eigenvalue weighted by molar-refractivity contribution is 7.80. The molecule has 0 bridgehead atoms. The molecule has 29 N–H and O–H groups in total. The molecule has 0 saturated carbocycles. The number of carboxylic acid groups (broad SMARTS) is 4. The number of carboxylic acids is 4. The first kappa shape index (κ1) is 98.1. The molecule has 0 radical (unpaired) electrons. The Balaban J connectivity index is 2.36. The summed E-state index contributed by atoms with van der Waals surface area (Å²) in [6, 6.07) is -16.1. The molecule has 1 aliphatic heterocycles. The van der Waals surface area contributed by atoms with Gasteiger partial charge in [0.15, 0.2) is 5.96 Å². The molecular weight excluding hydrogens is 1520 g/mol. The van der Waals surface area contributed by atoms with Crippen molar-refractivity contribution in [1.82, 2.24) is 79.3 Å². The number of aliphatic hydroxyl groups is 4. The van der Waals surface area contributed by atoms with Crippen molar-refractivity contribution in [3.8, 4) is 0 Å². The summed E-state index contributed by atoms with van der Waals surface area (Å²) in [7, 11) is 0. The van der Waals surface area contributed by atoms with E-state index in [4.69, 9.17) is 22.6 Å². The third kappa shape index (κ3) is 34.7. The minimum Gasteiger partial charge on any atom is -0.481 e. The molecule has 1 aromatic carbocycles. The summed E-state index contributed by atoms with van der Waals surface area (Å²) in [5.74, 6) is -24.5. The van der Waals surface area contributed by atoms with Gasteiger partial charge in [0.2, 0.25) is 82.7 Å². The highest BCUT2D eigenvalue weighted by atomic mass is 32.1. The van der Waals surface area contributed by atoms with Crippen LogP contribution in [0.5, 0.6) is 0 Å². The lowest BCUT2D eigenvalue weighted by Crippen LogP contribution is -2.63. The monoisotopic (exact) mass is 1630 g/mol. The fourth-order valence-electron chi connectivity index (χ4n) is 11.0. The number of carbonyl (C=O) groups excluding carboxylic acids is 14. The first-order valence-corrected chi connectivity index (χ1v) is 36.5. The van der Waals surface area contributed by atoms with Gasteiger partial charge in [0.05, 0.1) is 50.3 Å². The van der Waals surface area contributed by atoms with Crippen molar-refractivity contribution in [2.24, 2.45) is 23.1 Å². The molecule has 0 aromatic heterocycles. The van der Waals surface area contributed by atoms with E-state index < -0.39 is 260 Å². The van der Waals surface area contributed by atoms with Crippen molar-refractivity contribution in [3.05, 3.63) is 35.9 Å². The number of guanidine groups is 1. The average Bonchev–Trinajstić information content (AvgIpc) is 1.72. The Kier molecular flexibility index (Phi) is 42.9. The largest absolute Gasteiger partial charge is 0.481 e. The zero-order valence-corrected chi connectivity index (χ0v) is 64.0. The summed E-state index contributed by atoms with van der Waals surface area (Å²) < 4.78 is 0. The molecule has 2 rings (SSSR count). The number of hydrogen-bond acceptors (Lipinski definition) is 26. The van der Waals surface area contributed by atoms with Crippen LogP contribution in [0.2, 0.25) is 0 Å². The second-order valence-corrected chi connectivity index (χ2v) is 27.3. The van der Waals surface area contributed by atoms with E-state index in [1.54, 1.807) is 30.3 Å². The number of likely N-dealkylation sites (tertiary alicyclic amines) is 1. The smallest absolute Gasteiger partial charge is 0.326 e. The summed E-state index contributed by atoms with van der Waals surface area (Å²) >= 11 is 3.95. The van der Waals surface area contributed by atoms with Crippen molar-refractivity contribution in [3.63, 3.8) is 0 Å². The number of rotatable bonds is 51. The molecule has 0 unspecified atom stereocenters. The maximum absolute atomic E-state index is 14.3. The van der Waals surface area contributed by atoms with Crippen LogP contribution in [0.4, 0.5) is 0 Å². The standard InChI is InChI=1S/C67H107N19O26S/c1-30(2)49(62(107)76-37(17-12-22-72-67(70)71)56(101)79-41(25-47(94)95)59(104)78-40(24-35-14-8-7-9-15-35)58(103)74-31(3)53(98)77-39(66(111)112)16-10-11-21-68)82-60(105)42(26-48(96)97)80-57(102)38(19-20-46(92)93)75-45(91)27-73-55(100)43(28-87)81-63(108)50(32(4)88)84-64(109)51(33(5)89)83-61(106)44-18-13-23-86(44)65(110)52(34(6)90)85-54(99)36(69)29-113/h7-9,14-15,30-34,36-44,49-52,87-90,113H,10-13,16-29,68-69H2,1-6H3,(H,73,100)(H,74,103)(H,75,91)(H,76,107)(H,77,98)(H,78,104)(H,79,101)(H,80,102)(H,81,108)(H,82,105)(H,83,106)(H,84,109)(H,85,99)(H,92,93)(H,94,95)(H,96,97)(H,111,112)(H4,70,71,72)/t31-,32+,33+,34+,36-,37-,38-,39-,40-,41-,42-,43-,44-,49-,50-,51-,52-/m0/s1. The van der Waals surface area contributed by atoms with Crippen LogP contribution in [0.3, 0.4) is 0 Å². The molecule has 14 amide bonds. The van der Waals surface area contributed by atoms with Gasteiger partial charge in [0.25, 0.3) is 0 Å². The number of nitrogens with zero attached hydrogens (tertiary/aromatic N) is 1. The van der Waals surface area contributed by atoms with E-state index in [0.717, 1.165) is 18.7 Å². The first-order valence-electron chi connectivity index (χ1n) is 35.9. The van der Waals surface area contributed by atoms with Gasteiger partial charge in [-0.2, -0.15) is 12.6 Å². The lowest BCUT2D eigenvalue weighted by atomic mass is 10.0. The quantitative estimate of drug-likeness (QED) is 0.0125. The number of nitrogens with two attached hydrogens (primary N) is 3. The lowest BCUT2D eigenvalue weighted by molar-refractivity contribution is -0.145. The fraction of sp³-hybridized carbons (Fsp3) is 0.627. The van der Waals surface area contributed by atoms with Gasteiger partial charge in [-0.25, -0.2) is 4.79 Å². The molecule has 113 heavy (non-hydrogen) atoms. The van der Waals surface area contributed by atoms with E-state index in [-0.39, 0.29) is 63.9 Å². The van der Waals surface area contributed by atoms with Crippen LogP contribution in [-0.2, 0) is 92.7 Å². The average molecular weight is 1630 g/mol. The number of thiol groups is 1. The molecule has 17 atom stereocenters. The molecule has 632 valence electrons. The lowest BCUT2D eigenvalue weighted by Gasteiger charge is -2.32. The van der Waals surface area contributed by atoms with Gasteiger partial charge in [-0.1, -0.05) is 44.2 Å². The predicted octanol–water partition coefficient (Wildman–Crippen LogP) is -10.5. The van der Waals surface area contributed by atoms with Crippen molar-refractivity contribution in [1.29, 1.82) is 5.41 Å². The Labute approximate surface area is 653 Å². The zero-order chi connectivity index (χ0) is 85.7. The van der Waals surface area contributed by atoms with E-state index in [1.807, 2.05) is 10.6 Å². The topological polar surface area (TPSA) is 743 Å². The normalized spacial score (nSPS) is 16.7. The minimum absolute atomic E-state index is 0.00406. The van der Waals surface area contributed by atoms with E-state index in [1.165, 1.54) is 27.7 Å². The number of carbonyl (C=O) groups is 18. The van der Waals surface area contributed by atoms with Crippen LogP contribution in [0, 0.1) is 11.3 Å². The van der Waals surface area contributed by atoms with E-state index in [2.05, 4.69) is 76.4 Å². The summed E-state index contributed by atoms with van der Waals surface area (Å²) in [5.41, 5.74) is 17.1. The molecule has 45 nitrogen and oxygen atoms in total. The molecule has 1 aromatic rings. The summed E-state index contributed by atoms with van der Waals surface area (Å²) in [6.45, 7) is 4.93. The number of unbranched alkanes of at least 4 members (excludes halogenated alkanes) is 1. The minimum atomic E-state index is -2.16. The summed E-state index contributed by atoms with van der Waals surface area (Å²) in [4.78, 5) is 241. The summed E-state index contributed by atoms with van der Waals surface area (Å²) in [5, 5.41) is 120. The number of aliphatic hydroxyl groups excluding tert-OH is 4. The Hall–Kier alpha value is -10.9. The van der Waals surface area contributed by atoms with Gasteiger partial charge in [0, 0.05) is 31.7 Å². The third-order valence-corrected chi connectivity index (χ3v) is 17.6. The van der Waals surface area contributed by atoms with Crippen molar-refractivity contribution >= 4 is 125 Å². The van der Waals surface area contributed by atoms with Gasteiger partial charge >= 0.3 is 23.9 Å². The van der Waals surface area contributed by atoms with Gasteiger partial charge < -0.3 is 137 Å². The highest BCUT2D eigenvalue weighted by Crippen LogP contribution is 2.21. The first-order chi connectivity index (χ1) is 53.0. The van der Waals surface area contributed by atoms with E-state index in [9.17, 15) is 127 Å². The fourth-order valence-corrected chi connectivity index (χ4v) is 11.1. The van der Waals surface area contributed by atoms with Crippen molar-refractivity contribution < 1.29 is 127 Å². The molecule has 1 fully saturated rings. The number of nitrogens with one attached hydrogen (secondary N) is 15. The Morgan fingerprint density at radius 1 is 0.513 bits per heavy atom. The van der Waals surface area contributed by atoms with E-state index in [0.29, 0.717) is 18.4 Å². The third-order valence-electron chi connectivity index (χ3n) is 17.2. The van der Waals surface area contributed by atoms with Crippen LogP contribution in [0.25, 0.3) is 0 Å². The Bertz CT molecular complexity index is 3500. The van der Waals surface area contributed by atoms with Gasteiger partial charge in [0.1, 0.15) is 78.5 Å². The van der Waals surface area contributed by atoms with Crippen LogP contribution in [-0.4, -0.2) is 300 Å². The molecule has 1 heterocycles.